The summed E-state index contributed by atoms with van der Waals surface area (Å²) in [5.41, 5.74) is -0.474. The Morgan fingerprint density at radius 1 is 1.16 bits per heavy atom. The zero-order chi connectivity index (χ0) is 27.7. The minimum Gasteiger partial charge on any atom is -0.467 e. The predicted molar refractivity (Wildman–Crippen MR) is 146 cm³/mol. The Bertz CT molecular complexity index is 1080. The first-order valence-electron chi connectivity index (χ1n) is 13.7. The van der Waals surface area contributed by atoms with Gasteiger partial charge in [0, 0.05) is 42.1 Å². The first-order valence-corrected chi connectivity index (χ1v) is 14.0. The van der Waals surface area contributed by atoms with Crippen LogP contribution in [0.2, 0.25) is 5.02 Å². The third-order valence-electron chi connectivity index (χ3n) is 8.32. The highest BCUT2D eigenvalue weighted by Crippen LogP contribution is 2.45. The van der Waals surface area contributed by atoms with Gasteiger partial charge in [0.1, 0.15) is 12.1 Å². The van der Waals surface area contributed by atoms with E-state index in [4.69, 9.17) is 16.3 Å². The summed E-state index contributed by atoms with van der Waals surface area (Å²) < 4.78 is 5.08. The summed E-state index contributed by atoms with van der Waals surface area (Å²) in [6, 6.07) is 5.49. The van der Waals surface area contributed by atoms with E-state index in [9.17, 15) is 19.2 Å². The van der Waals surface area contributed by atoms with Crippen molar-refractivity contribution in [2.24, 2.45) is 16.7 Å². The molecule has 38 heavy (non-hydrogen) atoms. The monoisotopic (exact) mass is 545 g/mol. The van der Waals surface area contributed by atoms with Gasteiger partial charge in [0.25, 0.3) is 0 Å². The third-order valence-corrected chi connectivity index (χ3v) is 8.56. The molecular weight excluding hydrogens is 506 g/mol. The second kappa shape index (κ2) is 11.2. The highest BCUT2D eigenvalue weighted by Gasteiger charge is 2.56. The number of halogens is 1. The zero-order valence-electron chi connectivity index (χ0n) is 22.9. The molecule has 2 saturated heterocycles. The molecule has 3 aliphatic rings. The first kappa shape index (κ1) is 28.4. The Morgan fingerprint density at radius 3 is 2.50 bits per heavy atom. The van der Waals surface area contributed by atoms with E-state index in [0.717, 1.165) is 25.7 Å². The average molecular weight is 546 g/mol. The molecule has 3 fully saturated rings. The minimum atomic E-state index is -0.820. The van der Waals surface area contributed by atoms with Crippen molar-refractivity contribution in [3.63, 3.8) is 0 Å². The van der Waals surface area contributed by atoms with Gasteiger partial charge >= 0.3 is 5.97 Å². The van der Waals surface area contributed by atoms with Crippen LogP contribution in [0.5, 0.6) is 0 Å². The molecule has 3 atom stereocenters. The van der Waals surface area contributed by atoms with Crippen molar-refractivity contribution >= 4 is 41.0 Å². The summed E-state index contributed by atoms with van der Waals surface area (Å²) in [5, 5.41) is 3.54. The van der Waals surface area contributed by atoms with Crippen LogP contribution in [0.1, 0.15) is 72.1 Å². The molecule has 2 aliphatic heterocycles. The van der Waals surface area contributed by atoms with Crippen LogP contribution in [0, 0.1) is 16.7 Å². The van der Waals surface area contributed by atoms with Gasteiger partial charge in [-0.15, -0.1) is 0 Å². The number of carbonyl (C=O) groups excluding carboxylic acids is 4. The Labute approximate surface area is 230 Å². The number of hydrogen-bond donors (Lipinski definition) is 1. The maximum Gasteiger partial charge on any atom is 0.328 e. The van der Waals surface area contributed by atoms with E-state index in [2.05, 4.69) is 5.32 Å². The summed E-state index contributed by atoms with van der Waals surface area (Å²) in [7, 11) is 1.31. The van der Waals surface area contributed by atoms with Crippen LogP contribution in [0.15, 0.2) is 24.3 Å². The van der Waals surface area contributed by atoms with Crippen molar-refractivity contribution < 1.29 is 23.9 Å². The van der Waals surface area contributed by atoms with Gasteiger partial charge in [-0.3, -0.25) is 14.4 Å². The van der Waals surface area contributed by atoms with E-state index in [1.165, 1.54) is 18.4 Å². The lowest BCUT2D eigenvalue weighted by Gasteiger charge is -2.36. The lowest BCUT2D eigenvalue weighted by atomic mass is 9.84. The van der Waals surface area contributed by atoms with Crippen molar-refractivity contribution in [1.29, 1.82) is 0 Å². The van der Waals surface area contributed by atoms with E-state index in [0.29, 0.717) is 36.0 Å². The number of esters is 1. The largest absolute Gasteiger partial charge is 0.467 e. The number of carbonyl (C=O) groups is 4. The molecule has 8 nitrogen and oxygen atoms in total. The molecule has 0 radical (unpaired) electrons. The molecule has 1 aliphatic carbocycles. The van der Waals surface area contributed by atoms with Crippen LogP contribution in [0.3, 0.4) is 0 Å². The van der Waals surface area contributed by atoms with Gasteiger partial charge in [-0.2, -0.15) is 0 Å². The molecular formula is C29H40ClN3O5. The summed E-state index contributed by atoms with van der Waals surface area (Å²) in [6.07, 6.45) is 6.52. The number of likely N-dealkylation sites (tertiary alicyclic amines) is 1. The molecule has 1 spiro atoms. The molecule has 0 unspecified atom stereocenters. The van der Waals surface area contributed by atoms with Gasteiger partial charge in [-0.25, -0.2) is 4.79 Å². The maximum atomic E-state index is 14.1. The molecule has 9 heteroatoms. The average Bonchev–Trinajstić information content (AvgIpc) is 3.40. The fraction of sp³-hybridized carbons (Fsp3) is 0.655. The Kier molecular flexibility index (Phi) is 8.40. The van der Waals surface area contributed by atoms with E-state index >= 15 is 0 Å². The SMILES string of the molecule is COC(=O)[C@@H]1C[C@@]2(CC(=O)N(c3cccc(Cl)c3)C2)CN1C(=O)[C@@H](NC(=O)CC1CCCCC1)C(C)(C)C. The highest BCUT2D eigenvalue weighted by molar-refractivity contribution is 6.31. The number of amides is 3. The number of methoxy groups -OCH3 is 1. The van der Waals surface area contributed by atoms with E-state index in [-0.39, 0.29) is 30.7 Å². The molecule has 0 aromatic heterocycles. The van der Waals surface area contributed by atoms with E-state index < -0.39 is 28.9 Å². The number of ether oxygens (including phenoxy) is 1. The number of rotatable bonds is 6. The normalized spacial score (nSPS) is 25.1. The zero-order valence-corrected chi connectivity index (χ0v) is 23.7. The van der Waals surface area contributed by atoms with Gasteiger partial charge < -0.3 is 19.9 Å². The van der Waals surface area contributed by atoms with Crippen LogP contribution in [-0.2, 0) is 23.9 Å². The van der Waals surface area contributed by atoms with Crippen LogP contribution >= 0.6 is 11.6 Å². The lowest BCUT2D eigenvalue weighted by molar-refractivity contribution is -0.153. The van der Waals surface area contributed by atoms with Crippen molar-refractivity contribution in [3.8, 4) is 0 Å². The summed E-state index contributed by atoms with van der Waals surface area (Å²) in [5.74, 6) is -0.671. The van der Waals surface area contributed by atoms with Crippen molar-refractivity contribution in [2.75, 3.05) is 25.1 Å². The van der Waals surface area contributed by atoms with Crippen molar-refractivity contribution in [1.82, 2.24) is 10.2 Å². The minimum absolute atomic E-state index is 0.0710. The molecule has 1 aromatic rings. The van der Waals surface area contributed by atoms with Crippen LogP contribution < -0.4 is 10.2 Å². The predicted octanol–water partition coefficient (Wildman–Crippen LogP) is 4.34. The molecule has 1 aromatic carbocycles. The number of hydrogen-bond acceptors (Lipinski definition) is 5. The standard InChI is InChI=1S/C29H40ClN3O5/c1-28(2,3)25(31-23(34)13-19-9-6-5-7-10-19)26(36)33-18-29(15-22(33)27(37)38-4)16-24(35)32(17-29)21-12-8-11-20(30)14-21/h8,11-12,14,19,22,25H,5-7,9-10,13,15-18H2,1-4H3,(H,31,34)/t22-,25+,29-/m0/s1. The Balaban J connectivity index is 1.55. The quantitative estimate of drug-likeness (QED) is 0.536. The van der Waals surface area contributed by atoms with Crippen LogP contribution in [0.4, 0.5) is 5.69 Å². The fourth-order valence-electron chi connectivity index (χ4n) is 6.34. The number of nitrogens with one attached hydrogen (secondary N) is 1. The molecule has 208 valence electrons. The molecule has 1 saturated carbocycles. The lowest BCUT2D eigenvalue weighted by Crippen LogP contribution is -2.57. The van der Waals surface area contributed by atoms with Gasteiger partial charge in [0.2, 0.25) is 17.7 Å². The summed E-state index contributed by atoms with van der Waals surface area (Å²) in [6.45, 7) is 6.34. The summed E-state index contributed by atoms with van der Waals surface area (Å²) in [4.78, 5) is 56.3. The topological polar surface area (TPSA) is 96.0 Å². The smallest absolute Gasteiger partial charge is 0.328 e. The van der Waals surface area contributed by atoms with Crippen LogP contribution in [-0.4, -0.2) is 60.9 Å². The van der Waals surface area contributed by atoms with Crippen LogP contribution in [0.25, 0.3) is 0 Å². The van der Waals surface area contributed by atoms with Crippen molar-refractivity contribution in [2.45, 2.75) is 84.2 Å². The van der Waals surface area contributed by atoms with E-state index in [1.54, 1.807) is 23.1 Å². The Morgan fingerprint density at radius 2 is 1.87 bits per heavy atom. The second-order valence-corrected chi connectivity index (χ2v) is 12.9. The Hall–Kier alpha value is -2.61. The van der Waals surface area contributed by atoms with Gasteiger partial charge in [-0.1, -0.05) is 57.7 Å². The van der Waals surface area contributed by atoms with Gasteiger partial charge in [-0.05, 0) is 48.8 Å². The fourth-order valence-corrected chi connectivity index (χ4v) is 6.52. The number of anilines is 1. The van der Waals surface area contributed by atoms with Gasteiger partial charge in [0.15, 0.2) is 0 Å². The van der Waals surface area contributed by atoms with E-state index in [1.807, 2.05) is 26.8 Å². The molecule has 3 amide bonds. The van der Waals surface area contributed by atoms with Crippen molar-refractivity contribution in [3.05, 3.63) is 29.3 Å². The summed E-state index contributed by atoms with van der Waals surface area (Å²) >= 11 is 6.16. The highest BCUT2D eigenvalue weighted by atomic mass is 35.5. The first-order chi connectivity index (χ1) is 17.9. The second-order valence-electron chi connectivity index (χ2n) is 12.4. The third kappa shape index (κ3) is 6.16. The molecule has 2 heterocycles. The molecule has 1 N–H and O–H groups in total. The van der Waals surface area contributed by atoms with Gasteiger partial charge in [0.05, 0.1) is 7.11 Å². The molecule has 0 bridgehead atoms. The number of nitrogens with zero attached hydrogens (tertiary/aromatic N) is 2. The molecule has 4 rings (SSSR count). The number of benzene rings is 1. The maximum absolute atomic E-state index is 14.1.